The van der Waals surface area contributed by atoms with Gasteiger partial charge in [0, 0.05) is 56.9 Å². The number of hydrogen-bond acceptors (Lipinski definition) is 5. The summed E-state index contributed by atoms with van der Waals surface area (Å²) >= 11 is 0. The number of nitrogens with zero attached hydrogens (tertiary/aromatic N) is 7. The maximum atomic E-state index is 10.6. The Morgan fingerprint density at radius 1 is 1.30 bits per heavy atom. The molecule has 0 amide bonds. The van der Waals surface area contributed by atoms with Crippen molar-refractivity contribution in [3.63, 3.8) is 0 Å². The highest BCUT2D eigenvalue weighted by atomic mass is 16.3. The maximum absolute atomic E-state index is 10.6. The van der Waals surface area contributed by atoms with Gasteiger partial charge in [-0.05, 0) is 19.4 Å². The molecule has 0 saturated heterocycles. The van der Waals surface area contributed by atoms with Gasteiger partial charge in [-0.3, -0.25) is 14.3 Å². The van der Waals surface area contributed by atoms with E-state index in [1.165, 1.54) is 11.3 Å². The first kappa shape index (κ1) is 17.9. The predicted molar refractivity (Wildman–Crippen MR) is 101 cm³/mol. The van der Waals surface area contributed by atoms with Gasteiger partial charge < -0.3 is 9.67 Å². The molecular weight excluding hydrogens is 342 g/mol. The van der Waals surface area contributed by atoms with Gasteiger partial charge >= 0.3 is 0 Å². The van der Waals surface area contributed by atoms with Gasteiger partial charge in [0.1, 0.15) is 5.82 Å². The molecule has 8 nitrogen and oxygen atoms in total. The first-order valence-corrected chi connectivity index (χ1v) is 9.52. The summed E-state index contributed by atoms with van der Waals surface area (Å²) in [5.41, 5.74) is 4.32. The Hall–Kier alpha value is -2.45. The molecule has 1 atom stereocenters. The molecule has 1 N–H and O–H groups in total. The monoisotopic (exact) mass is 369 g/mol. The molecule has 0 spiro atoms. The van der Waals surface area contributed by atoms with Gasteiger partial charge in [-0.1, -0.05) is 6.92 Å². The van der Waals surface area contributed by atoms with Crippen LogP contribution in [0.3, 0.4) is 0 Å². The number of aromatic nitrogens is 6. The molecule has 0 aromatic carbocycles. The third-order valence-corrected chi connectivity index (χ3v) is 5.31. The molecule has 0 bridgehead atoms. The van der Waals surface area contributed by atoms with Crippen molar-refractivity contribution in [1.82, 2.24) is 34.0 Å². The van der Waals surface area contributed by atoms with E-state index in [1.54, 1.807) is 6.20 Å². The number of aliphatic hydroxyl groups is 1. The van der Waals surface area contributed by atoms with Gasteiger partial charge in [0.2, 0.25) is 0 Å². The van der Waals surface area contributed by atoms with Crippen molar-refractivity contribution in [2.45, 2.75) is 52.6 Å². The average Bonchev–Trinajstić information content (AvgIpc) is 3.36. The van der Waals surface area contributed by atoms with Crippen LogP contribution >= 0.6 is 0 Å². The Bertz CT molecular complexity index is 923. The number of hydrogen-bond donors (Lipinski definition) is 1. The molecule has 4 rings (SSSR count). The minimum absolute atomic E-state index is 0.612. The van der Waals surface area contributed by atoms with Crippen LogP contribution in [0.4, 0.5) is 0 Å². The van der Waals surface area contributed by atoms with Gasteiger partial charge in [0.15, 0.2) is 6.10 Å². The number of fused-ring (bicyclic) bond motifs is 1. The third kappa shape index (κ3) is 3.42. The molecule has 8 heteroatoms. The second-order valence-corrected chi connectivity index (χ2v) is 7.27. The predicted octanol–water partition coefficient (Wildman–Crippen LogP) is 1.63. The van der Waals surface area contributed by atoms with Crippen LogP contribution in [-0.4, -0.2) is 45.7 Å². The third-order valence-electron chi connectivity index (χ3n) is 5.31. The van der Waals surface area contributed by atoms with Crippen LogP contribution in [0.25, 0.3) is 0 Å². The van der Waals surface area contributed by atoms with Crippen molar-refractivity contribution >= 4 is 0 Å². The van der Waals surface area contributed by atoms with Crippen molar-refractivity contribution < 1.29 is 5.11 Å². The summed E-state index contributed by atoms with van der Waals surface area (Å²) in [5, 5.41) is 19.7. The summed E-state index contributed by atoms with van der Waals surface area (Å²) < 4.78 is 5.92. The zero-order chi connectivity index (χ0) is 19.0. The Morgan fingerprint density at radius 3 is 2.89 bits per heavy atom. The van der Waals surface area contributed by atoms with Crippen molar-refractivity contribution in [3.05, 3.63) is 53.1 Å². The van der Waals surface area contributed by atoms with E-state index in [4.69, 9.17) is 0 Å². The minimum Gasteiger partial charge on any atom is -0.379 e. The van der Waals surface area contributed by atoms with Gasteiger partial charge in [-0.25, -0.2) is 4.98 Å². The van der Waals surface area contributed by atoms with Crippen LogP contribution in [0.2, 0.25) is 0 Å². The van der Waals surface area contributed by atoms with Gasteiger partial charge in [0.05, 0.1) is 24.1 Å². The highest BCUT2D eigenvalue weighted by molar-refractivity contribution is 5.21. The van der Waals surface area contributed by atoms with Gasteiger partial charge in [0.25, 0.3) is 0 Å². The van der Waals surface area contributed by atoms with E-state index in [1.807, 2.05) is 34.8 Å². The first-order chi connectivity index (χ1) is 13.1. The second-order valence-electron chi connectivity index (χ2n) is 7.27. The smallest absolute Gasteiger partial charge is 0.155 e. The van der Waals surface area contributed by atoms with E-state index in [0.29, 0.717) is 11.5 Å². The molecule has 0 aliphatic carbocycles. The fourth-order valence-electron chi connectivity index (χ4n) is 3.70. The zero-order valence-corrected chi connectivity index (χ0v) is 16.2. The molecule has 0 fully saturated rings. The van der Waals surface area contributed by atoms with E-state index >= 15 is 0 Å². The van der Waals surface area contributed by atoms with Crippen molar-refractivity contribution in [2.24, 2.45) is 7.05 Å². The van der Waals surface area contributed by atoms with Gasteiger partial charge in [-0.15, -0.1) is 0 Å². The molecular formula is C19H27N7O. The van der Waals surface area contributed by atoms with Crippen molar-refractivity contribution in [3.8, 4) is 0 Å². The van der Waals surface area contributed by atoms with E-state index < -0.39 is 6.10 Å². The van der Waals surface area contributed by atoms with E-state index in [9.17, 15) is 5.11 Å². The Kier molecular flexibility index (Phi) is 4.84. The molecule has 3 aromatic rings. The largest absolute Gasteiger partial charge is 0.379 e. The summed E-state index contributed by atoms with van der Waals surface area (Å²) in [5.74, 6) is 0.612. The number of imidazole rings is 1. The van der Waals surface area contributed by atoms with E-state index in [2.05, 4.69) is 38.6 Å². The van der Waals surface area contributed by atoms with Crippen LogP contribution < -0.4 is 0 Å². The molecule has 1 unspecified atom stereocenters. The molecule has 4 heterocycles. The van der Waals surface area contributed by atoms with Crippen molar-refractivity contribution in [2.75, 3.05) is 6.54 Å². The molecule has 0 radical (unpaired) electrons. The Morgan fingerprint density at radius 2 is 2.15 bits per heavy atom. The molecule has 1 aliphatic heterocycles. The summed E-state index contributed by atoms with van der Waals surface area (Å²) in [6.07, 6.45) is 5.80. The number of rotatable bonds is 6. The lowest BCUT2D eigenvalue weighted by molar-refractivity contribution is 0.194. The average molecular weight is 369 g/mol. The topological polar surface area (TPSA) is 76.9 Å². The lowest BCUT2D eigenvalue weighted by Crippen LogP contribution is -2.33. The highest BCUT2D eigenvalue weighted by Gasteiger charge is 2.24. The summed E-state index contributed by atoms with van der Waals surface area (Å²) in [6.45, 7) is 8.75. The van der Waals surface area contributed by atoms with Crippen LogP contribution in [0.1, 0.15) is 47.9 Å². The molecule has 3 aromatic heterocycles. The summed E-state index contributed by atoms with van der Waals surface area (Å²) in [7, 11) is 1.88. The lowest BCUT2D eigenvalue weighted by Gasteiger charge is -2.27. The molecule has 27 heavy (non-hydrogen) atoms. The molecule has 0 saturated carbocycles. The van der Waals surface area contributed by atoms with Crippen LogP contribution in [0.5, 0.6) is 0 Å². The van der Waals surface area contributed by atoms with E-state index in [0.717, 1.165) is 44.8 Å². The summed E-state index contributed by atoms with van der Waals surface area (Å²) in [6, 6.07) is 2.00. The number of aryl methyl sites for hydroxylation is 2. The Balaban J connectivity index is 1.47. The molecule has 144 valence electrons. The second kappa shape index (κ2) is 7.28. The normalized spacial score (nSPS) is 15.9. The summed E-state index contributed by atoms with van der Waals surface area (Å²) in [4.78, 5) is 6.65. The SMILES string of the molecule is CCCn1ncc(CN2CCn3nc(C(O)c4nccn4C)cc3C2)c1C. The lowest BCUT2D eigenvalue weighted by atomic mass is 10.2. The van der Waals surface area contributed by atoms with Gasteiger partial charge in [-0.2, -0.15) is 10.2 Å². The minimum atomic E-state index is -0.800. The number of aliphatic hydroxyl groups excluding tert-OH is 1. The highest BCUT2D eigenvalue weighted by Crippen LogP contribution is 2.23. The standard InChI is InChI=1S/C19H27N7O/c1-4-6-25-14(2)15(11-21-25)12-24-8-9-26-16(13-24)10-17(22-26)18(27)19-20-5-7-23(19)3/h5,7,10-11,18,27H,4,6,8-9,12-13H2,1-3H3. The fourth-order valence-corrected chi connectivity index (χ4v) is 3.70. The quantitative estimate of drug-likeness (QED) is 0.715. The molecule has 1 aliphatic rings. The van der Waals surface area contributed by atoms with Crippen LogP contribution in [0, 0.1) is 6.92 Å². The first-order valence-electron chi connectivity index (χ1n) is 9.52. The Labute approximate surface area is 159 Å². The van der Waals surface area contributed by atoms with Crippen LogP contribution in [-0.2, 0) is 33.2 Å². The van der Waals surface area contributed by atoms with Crippen LogP contribution in [0.15, 0.2) is 24.7 Å². The van der Waals surface area contributed by atoms with E-state index in [-0.39, 0.29) is 0 Å². The maximum Gasteiger partial charge on any atom is 0.155 e. The zero-order valence-electron chi connectivity index (χ0n) is 16.2. The fraction of sp³-hybridized carbons (Fsp3) is 0.526. The van der Waals surface area contributed by atoms with Crippen molar-refractivity contribution in [1.29, 1.82) is 0 Å².